The van der Waals surface area contributed by atoms with Crippen LogP contribution >= 0.6 is 0 Å². The second kappa shape index (κ2) is 10.5. The van der Waals surface area contributed by atoms with E-state index in [9.17, 15) is 18.8 Å². The molecule has 9 heteroatoms. The molecule has 2 aliphatic heterocycles. The minimum Gasteiger partial charge on any atom is -0.465 e. The number of carbonyl (C=O) groups is 3. The molecular formula is C22H30FN3O5. The number of hydrogen-bond acceptors (Lipinski definition) is 4. The van der Waals surface area contributed by atoms with Crippen LogP contribution in [0, 0.1) is 5.82 Å². The fraction of sp³-hybridized carbons (Fsp3) is 0.591. The third kappa shape index (κ3) is 5.86. The van der Waals surface area contributed by atoms with Crippen molar-refractivity contribution in [3.8, 4) is 0 Å². The lowest BCUT2D eigenvalue weighted by Gasteiger charge is -2.21. The van der Waals surface area contributed by atoms with Crippen molar-refractivity contribution in [2.75, 3.05) is 19.7 Å². The van der Waals surface area contributed by atoms with Crippen molar-refractivity contribution in [3.63, 3.8) is 0 Å². The zero-order valence-electron chi connectivity index (χ0n) is 17.9. The van der Waals surface area contributed by atoms with E-state index in [1.54, 1.807) is 11.0 Å². The Kier molecular flexibility index (Phi) is 7.70. The molecule has 2 heterocycles. The van der Waals surface area contributed by atoms with E-state index in [1.165, 1.54) is 11.0 Å². The molecule has 1 unspecified atom stereocenters. The molecule has 3 rings (SSSR count). The molecule has 1 fully saturated rings. The summed E-state index contributed by atoms with van der Waals surface area (Å²) >= 11 is 0. The summed E-state index contributed by atoms with van der Waals surface area (Å²) in [6.07, 6.45) is 3.37. The summed E-state index contributed by atoms with van der Waals surface area (Å²) in [7, 11) is 0. The summed E-state index contributed by atoms with van der Waals surface area (Å²) < 4.78 is 19.1. The summed E-state index contributed by atoms with van der Waals surface area (Å²) in [4.78, 5) is 38.0. The van der Waals surface area contributed by atoms with Gasteiger partial charge in [0, 0.05) is 18.2 Å². The number of nitrogens with zero attached hydrogens (tertiary/aromatic N) is 2. The molecule has 0 spiro atoms. The van der Waals surface area contributed by atoms with Gasteiger partial charge in [0.05, 0.1) is 19.7 Å². The van der Waals surface area contributed by atoms with Crippen LogP contribution in [0.4, 0.5) is 14.0 Å². The van der Waals surface area contributed by atoms with Gasteiger partial charge in [-0.05, 0) is 62.6 Å². The smallest absolute Gasteiger partial charge is 0.407 e. The highest BCUT2D eigenvalue weighted by Crippen LogP contribution is 2.29. The zero-order chi connectivity index (χ0) is 22.4. The molecule has 0 aromatic heterocycles. The number of ether oxygens (including phenoxy) is 1. The summed E-state index contributed by atoms with van der Waals surface area (Å²) in [6, 6.07) is 3.35. The summed E-state index contributed by atoms with van der Waals surface area (Å²) in [5.41, 5.74) is 2.21. The maximum atomic E-state index is 14.0. The van der Waals surface area contributed by atoms with Gasteiger partial charge in [0.25, 0.3) is 0 Å². The average Bonchev–Trinajstić information content (AvgIpc) is 3.37. The number of nitrogens with one attached hydrogen (secondary N) is 1. The van der Waals surface area contributed by atoms with Gasteiger partial charge < -0.3 is 20.1 Å². The van der Waals surface area contributed by atoms with Crippen LogP contribution in [0.2, 0.25) is 0 Å². The average molecular weight is 435 g/mol. The number of amides is 3. The highest BCUT2D eigenvalue weighted by molar-refractivity contribution is 5.82. The second-order valence-electron chi connectivity index (χ2n) is 8.18. The second-order valence-corrected chi connectivity index (χ2v) is 8.18. The molecule has 3 amide bonds. The number of likely N-dealkylation sites (tertiary alicyclic amines) is 1. The first-order chi connectivity index (χ1) is 14.9. The number of aryl methyl sites for hydroxylation is 1. The van der Waals surface area contributed by atoms with E-state index < -0.39 is 12.2 Å². The number of carboxylic acid groups (broad SMARTS) is 1. The largest absolute Gasteiger partial charge is 0.465 e. The Labute approximate surface area is 181 Å². The molecule has 0 aliphatic carbocycles. The van der Waals surface area contributed by atoms with Crippen LogP contribution in [0.3, 0.4) is 0 Å². The van der Waals surface area contributed by atoms with E-state index in [1.807, 2.05) is 6.92 Å². The van der Waals surface area contributed by atoms with E-state index in [-0.39, 0.29) is 44.0 Å². The zero-order valence-corrected chi connectivity index (χ0v) is 17.9. The fourth-order valence-electron chi connectivity index (χ4n) is 4.25. The Bertz CT molecular complexity index is 832. The number of rotatable bonds is 8. The first kappa shape index (κ1) is 22.8. The van der Waals surface area contributed by atoms with E-state index >= 15 is 0 Å². The SMILES string of the molecule is CC1CCCN1C(=O)CNC(=O)OCCCCCc1ccc(F)c2c1CN(C(=O)O)C2. The van der Waals surface area contributed by atoms with E-state index in [0.717, 1.165) is 43.4 Å². The van der Waals surface area contributed by atoms with Crippen molar-refractivity contribution in [2.45, 2.75) is 64.6 Å². The van der Waals surface area contributed by atoms with Crippen molar-refractivity contribution in [1.82, 2.24) is 15.1 Å². The predicted octanol–water partition coefficient (Wildman–Crippen LogP) is 3.27. The number of alkyl carbamates (subject to hydrolysis) is 1. The maximum Gasteiger partial charge on any atom is 0.407 e. The number of hydrogen-bond donors (Lipinski definition) is 2. The monoisotopic (exact) mass is 435 g/mol. The third-order valence-electron chi connectivity index (χ3n) is 6.02. The molecule has 2 N–H and O–H groups in total. The number of carbonyl (C=O) groups excluding carboxylic acids is 2. The Balaban J connectivity index is 1.32. The third-order valence-corrected chi connectivity index (χ3v) is 6.02. The molecule has 8 nitrogen and oxygen atoms in total. The lowest BCUT2D eigenvalue weighted by molar-refractivity contribution is -0.130. The maximum absolute atomic E-state index is 14.0. The van der Waals surface area contributed by atoms with Gasteiger partial charge in [0.1, 0.15) is 12.4 Å². The van der Waals surface area contributed by atoms with Crippen molar-refractivity contribution >= 4 is 18.1 Å². The van der Waals surface area contributed by atoms with Crippen LogP contribution in [0.1, 0.15) is 55.7 Å². The topological polar surface area (TPSA) is 99.2 Å². The van der Waals surface area contributed by atoms with Gasteiger partial charge in [-0.25, -0.2) is 14.0 Å². The quantitative estimate of drug-likeness (QED) is 0.611. The molecule has 1 aromatic carbocycles. The molecule has 170 valence electrons. The fourth-order valence-corrected chi connectivity index (χ4v) is 4.25. The van der Waals surface area contributed by atoms with Crippen molar-refractivity contribution < 1.29 is 28.6 Å². The Morgan fingerprint density at radius 3 is 2.68 bits per heavy atom. The molecule has 1 atom stereocenters. The standard InChI is InChI=1S/C22H30FN3O5/c1-15-6-5-10-26(15)20(27)12-24-21(28)31-11-4-2-3-7-16-8-9-19(23)18-14-25(22(29)30)13-17(16)18/h8-9,15H,2-7,10-14H2,1H3,(H,24,28)(H,29,30). The predicted molar refractivity (Wildman–Crippen MR) is 111 cm³/mol. The lowest BCUT2D eigenvalue weighted by Crippen LogP contribution is -2.41. The van der Waals surface area contributed by atoms with Gasteiger partial charge in [-0.1, -0.05) is 6.07 Å². The van der Waals surface area contributed by atoms with Gasteiger partial charge in [0.15, 0.2) is 0 Å². The molecule has 2 aliphatic rings. The number of halogens is 1. The van der Waals surface area contributed by atoms with Gasteiger partial charge in [-0.15, -0.1) is 0 Å². The van der Waals surface area contributed by atoms with Gasteiger partial charge in [-0.3, -0.25) is 9.69 Å². The Morgan fingerprint density at radius 1 is 1.19 bits per heavy atom. The normalized spacial score (nSPS) is 17.5. The molecule has 0 bridgehead atoms. The highest BCUT2D eigenvalue weighted by atomic mass is 19.1. The van der Waals surface area contributed by atoms with Crippen LogP contribution in [-0.4, -0.2) is 58.7 Å². The minimum absolute atomic E-state index is 0.0494. The number of fused-ring (bicyclic) bond motifs is 1. The molecular weight excluding hydrogens is 405 g/mol. The molecule has 0 saturated carbocycles. The molecule has 31 heavy (non-hydrogen) atoms. The van der Waals surface area contributed by atoms with Crippen molar-refractivity contribution in [1.29, 1.82) is 0 Å². The molecule has 1 saturated heterocycles. The molecule has 1 aromatic rings. The summed E-state index contributed by atoms with van der Waals surface area (Å²) in [6.45, 7) is 3.26. The Hall–Kier alpha value is -2.84. The van der Waals surface area contributed by atoms with Crippen LogP contribution in [0.25, 0.3) is 0 Å². The first-order valence-electron chi connectivity index (χ1n) is 10.8. The van der Waals surface area contributed by atoms with Gasteiger partial charge >= 0.3 is 12.2 Å². The van der Waals surface area contributed by atoms with Gasteiger partial charge in [0.2, 0.25) is 5.91 Å². The lowest BCUT2D eigenvalue weighted by atomic mass is 9.98. The van der Waals surface area contributed by atoms with E-state index in [2.05, 4.69) is 5.32 Å². The van der Waals surface area contributed by atoms with E-state index in [0.29, 0.717) is 18.4 Å². The first-order valence-corrected chi connectivity index (χ1v) is 10.8. The molecule has 0 radical (unpaired) electrons. The summed E-state index contributed by atoms with van der Waals surface area (Å²) in [5, 5.41) is 11.7. The van der Waals surface area contributed by atoms with E-state index in [4.69, 9.17) is 9.84 Å². The minimum atomic E-state index is -1.05. The van der Waals surface area contributed by atoms with Crippen LogP contribution in [0.5, 0.6) is 0 Å². The number of benzene rings is 1. The Morgan fingerprint density at radius 2 is 1.97 bits per heavy atom. The van der Waals surface area contributed by atoms with Crippen molar-refractivity contribution in [2.24, 2.45) is 0 Å². The van der Waals surface area contributed by atoms with Crippen LogP contribution in [0.15, 0.2) is 12.1 Å². The van der Waals surface area contributed by atoms with Crippen molar-refractivity contribution in [3.05, 3.63) is 34.6 Å². The number of unbranched alkanes of at least 4 members (excludes halogenated alkanes) is 2. The van der Waals surface area contributed by atoms with Crippen LogP contribution in [-0.2, 0) is 29.0 Å². The van der Waals surface area contributed by atoms with Gasteiger partial charge in [-0.2, -0.15) is 0 Å². The highest BCUT2D eigenvalue weighted by Gasteiger charge is 2.27. The van der Waals surface area contributed by atoms with Crippen LogP contribution < -0.4 is 5.32 Å². The summed E-state index contributed by atoms with van der Waals surface area (Å²) in [5.74, 6) is -0.449.